The van der Waals surface area contributed by atoms with Gasteiger partial charge in [0.05, 0.1) is 6.54 Å². The molecule has 0 atom stereocenters. The summed E-state index contributed by atoms with van der Waals surface area (Å²) in [4.78, 5) is 11.3. The summed E-state index contributed by atoms with van der Waals surface area (Å²) in [5.41, 5.74) is 0.870. The van der Waals surface area contributed by atoms with E-state index in [9.17, 15) is 4.79 Å². The van der Waals surface area contributed by atoms with Gasteiger partial charge in [-0.2, -0.15) is 0 Å². The van der Waals surface area contributed by atoms with E-state index < -0.39 is 0 Å². The lowest BCUT2D eigenvalue weighted by Crippen LogP contribution is -2.20. The molecule has 0 amide bonds. The standard InChI is InChI=1S/C10H11BrClNO/c1-13-6-9(14)4-7-2-3-8(11)5-10(7)12/h2-3,5,13H,4,6H2,1H3. The Balaban J connectivity index is 2.72. The van der Waals surface area contributed by atoms with Crippen molar-refractivity contribution in [2.24, 2.45) is 0 Å². The second-order valence-electron chi connectivity index (χ2n) is 2.98. The molecule has 0 spiro atoms. The van der Waals surface area contributed by atoms with Crippen molar-refractivity contribution in [1.82, 2.24) is 5.32 Å². The zero-order valence-electron chi connectivity index (χ0n) is 7.81. The highest BCUT2D eigenvalue weighted by Gasteiger charge is 2.06. The maximum Gasteiger partial charge on any atom is 0.151 e. The predicted molar refractivity (Wildman–Crippen MR) is 61.8 cm³/mol. The summed E-state index contributed by atoms with van der Waals surface area (Å²) in [6.45, 7) is 0.381. The van der Waals surface area contributed by atoms with E-state index in [-0.39, 0.29) is 5.78 Å². The molecule has 2 nitrogen and oxygen atoms in total. The van der Waals surface area contributed by atoms with Crippen molar-refractivity contribution >= 4 is 33.3 Å². The number of halogens is 2. The van der Waals surface area contributed by atoms with E-state index in [0.717, 1.165) is 10.0 Å². The molecule has 1 rings (SSSR count). The maximum absolute atomic E-state index is 11.3. The second kappa shape index (κ2) is 5.49. The molecule has 0 saturated carbocycles. The highest BCUT2D eigenvalue weighted by Crippen LogP contribution is 2.21. The van der Waals surface area contributed by atoms with Crippen molar-refractivity contribution in [1.29, 1.82) is 0 Å². The quantitative estimate of drug-likeness (QED) is 0.915. The number of hydrogen-bond acceptors (Lipinski definition) is 2. The molecule has 14 heavy (non-hydrogen) atoms. The number of ketones is 1. The Morgan fingerprint density at radius 1 is 1.57 bits per heavy atom. The van der Waals surface area contributed by atoms with Crippen LogP contribution in [0.1, 0.15) is 5.56 Å². The van der Waals surface area contributed by atoms with Gasteiger partial charge in [0.15, 0.2) is 5.78 Å². The molecule has 0 fully saturated rings. The van der Waals surface area contributed by atoms with E-state index >= 15 is 0 Å². The van der Waals surface area contributed by atoms with Crippen LogP contribution in [-0.2, 0) is 11.2 Å². The molecule has 0 saturated heterocycles. The number of Topliss-reactive ketones (excluding diaryl/α,β-unsaturated/α-hetero) is 1. The van der Waals surface area contributed by atoms with Crippen molar-refractivity contribution in [3.05, 3.63) is 33.3 Å². The monoisotopic (exact) mass is 275 g/mol. The molecule has 0 heterocycles. The van der Waals surface area contributed by atoms with Gasteiger partial charge in [-0.15, -0.1) is 0 Å². The first-order chi connectivity index (χ1) is 6.63. The first kappa shape index (κ1) is 11.7. The van der Waals surface area contributed by atoms with Crippen LogP contribution >= 0.6 is 27.5 Å². The molecule has 76 valence electrons. The molecule has 1 aromatic carbocycles. The van der Waals surface area contributed by atoms with Gasteiger partial charge in [0.25, 0.3) is 0 Å². The highest BCUT2D eigenvalue weighted by molar-refractivity contribution is 9.10. The van der Waals surface area contributed by atoms with Crippen molar-refractivity contribution in [3.63, 3.8) is 0 Å². The van der Waals surface area contributed by atoms with Gasteiger partial charge in [-0.05, 0) is 24.7 Å². The van der Waals surface area contributed by atoms with Crippen molar-refractivity contribution in [2.75, 3.05) is 13.6 Å². The number of likely N-dealkylation sites (N-methyl/N-ethyl adjacent to an activating group) is 1. The van der Waals surface area contributed by atoms with E-state index in [4.69, 9.17) is 11.6 Å². The number of nitrogens with one attached hydrogen (secondary N) is 1. The van der Waals surface area contributed by atoms with E-state index in [0.29, 0.717) is 18.0 Å². The minimum absolute atomic E-state index is 0.136. The zero-order valence-corrected chi connectivity index (χ0v) is 10.2. The summed E-state index contributed by atoms with van der Waals surface area (Å²) < 4.78 is 0.923. The Labute approximate surface area is 96.8 Å². The van der Waals surface area contributed by atoms with Gasteiger partial charge in [0.2, 0.25) is 0 Å². The first-order valence-electron chi connectivity index (χ1n) is 4.23. The van der Waals surface area contributed by atoms with Gasteiger partial charge in [-0.3, -0.25) is 4.79 Å². The normalized spacial score (nSPS) is 10.2. The smallest absolute Gasteiger partial charge is 0.151 e. The van der Waals surface area contributed by atoms with Gasteiger partial charge in [0.1, 0.15) is 0 Å². The third kappa shape index (κ3) is 3.40. The van der Waals surface area contributed by atoms with Crippen LogP contribution in [0, 0.1) is 0 Å². The Hall–Kier alpha value is -0.380. The van der Waals surface area contributed by atoms with Crippen molar-refractivity contribution in [2.45, 2.75) is 6.42 Å². The van der Waals surface area contributed by atoms with Crippen LogP contribution in [0.5, 0.6) is 0 Å². The molecule has 0 aromatic heterocycles. The fourth-order valence-corrected chi connectivity index (χ4v) is 1.88. The van der Waals surface area contributed by atoms with Crippen LogP contribution in [0.3, 0.4) is 0 Å². The number of rotatable bonds is 4. The molecule has 0 aliphatic carbocycles. The summed E-state index contributed by atoms with van der Waals surface area (Å²) in [5.74, 6) is 0.136. The van der Waals surface area contributed by atoms with E-state index in [1.807, 2.05) is 12.1 Å². The van der Waals surface area contributed by atoms with Gasteiger partial charge in [-0.1, -0.05) is 33.6 Å². The average molecular weight is 277 g/mol. The van der Waals surface area contributed by atoms with Crippen molar-refractivity contribution in [3.8, 4) is 0 Å². The molecule has 0 radical (unpaired) electrons. The lowest BCUT2D eigenvalue weighted by atomic mass is 10.1. The van der Waals surface area contributed by atoms with Crippen LogP contribution in [0.4, 0.5) is 0 Å². The molecule has 0 unspecified atom stereocenters. The van der Waals surface area contributed by atoms with Crippen LogP contribution in [-0.4, -0.2) is 19.4 Å². The second-order valence-corrected chi connectivity index (χ2v) is 4.30. The van der Waals surface area contributed by atoms with Crippen LogP contribution in [0.15, 0.2) is 22.7 Å². The van der Waals surface area contributed by atoms with E-state index in [2.05, 4.69) is 21.2 Å². The summed E-state index contributed by atoms with van der Waals surface area (Å²) in [5, 5.41) is 3.45. The highest BCUT2D eigenvalue weighted by atomic mass is 79.9. The van der Waals surface area contributed by atoms with Crippen LogP contribution in [0.2, 0.25) is 5.02 Å². The number of carbonyl (C=O) groups excluding carboxylic acids is 1. The molecule has 4 heteroatoms. The molecular weight excluding hydrogens is 265 g/mol. The van der Waals surface area contributed by atoms with Crippen LogP contribution in [0.25, 0.3) is 0 Å². The fourth-order valence-electron chi connectivity index (χ4n) is 1.14. The number of hydrogen-bond donors (Lipinski definition) is 1. The molecule has 0 aliphatic heterocycles. The Kier molecular flexibility index (Phi) is 4.58. The third-order valence-electron chi connectivity index (χ3n) is 1.78. The van der Waals surface area contributed by atoms with Gasteiger partial charge >= 0.3 is 0 Å². The van der Waals surface area contributed by atoms with Gasteiger partial charge < -0.3 is 5.32 Å². The van der Waals surface area contributed by atoms with Gasteiger partial charge in [-0.25, -0.2) is 0 Å². The third-order valence-corrected chi connectivity index (χ3v) is 2.62. The maximum atomic E-state index is 11.3. The number of carbonyl (C=O) groups is 1. The molecular formula is C10H11BrClNO. The average Bonchev–Trinajstić information content (AvgIpc) is 2.10. The topological polar surface area (TPSA) is 29.1 Å². The Morgan fingerprint density at radius 3 is 2.86 bits per heavy atom. The van der Waals surface area contributed by atoms with E-state index in [1.54, 1.807) is 13.1 Å². The fraction of sp³-hybridized carbons (Fsp3) is 0.300. The Morgan fingerprint density at radius 2 is 2.29 bits per heavy atom. The lowest BCUT2D eigenvalue weighted by Gasteiger charge is -2.03. The van der Waals surface area contributed by atoms with E-state index in [1.165, 1.54) is 0 Å². The Bertz CT molecular complexity index is 341. The predicted octanol–water partition coefficient (Wildman–Crippen LogP) is 2.43. The molecule has 0 aliphatic rings. The molecule has 0 bridgehead atoms. The lowest BCUT2D eigenvalue weighted by molar-refractivity contribution is -0.117. The summed E-state index contributed by atoms with van der Waals surface area (Å²) in [7, 11) is 1.75. The number of benzene rings is 1. The summed E-state index contributed by atoms with van der Waals surface area (Å²) in [6, 6.07) is 5.54. The summed E-state index contributed by atoms with van der Waals surface area (Å²) in [6.07, 6.45) is 0.382. The molecule has 1 N–H and O–H groups in total. The largest absolute Gasteiger partial charge is 0.313 e. The van der Waals surface area contributed by atoms with Crippen LogP contribution < -0.4 is 5.32 Å². The minimum atomic E-state index is 0.136. The minimum Gasteiger partial charge on any atom is -0.313 e. The van der Waals surface area contributed by atoms with Gasteiger partial charge in [0, 0.05) is 15.9 Å². The molecule has 1 aromatic rings. The first-order valence-corrected chi connectivity index (χ1v) is 5.41. The summed E-state index contributed by atoms with van der Waals surface area (Å²) >= 11 is 9.28. The SMILES string of the molecule is CNCC(=O)Cc1ccc(Br)cc1Cl. The van der Waals surface area contributed by atoms with Crippen molar-refractivity contribution < 1.29 is 4.79 Å². The zero-order chi connectivity index (χ0) is 10.6.